The van der Waals surface area contributed by atoms with Crippen LogP contribution in [0.4, 0.5) is 0 Å². The first-order chi connectivity index (χ1) is 7.33. The standard InChI is InChI=1S/C8H9N3S2.ClH.Pt/c1-13-8(12)11-10-6-7-4-2-3-5-9-7;;/h2-6H,1H3,(H,11,12);1H;/q;;+1/p-1. The quantitative estimate of drug-likeness (QED) is 0.434. The molecule has 0 aliphatic heterocycles. The number of aromatic nitrogens is 1. The van der Waals surface area contributed by atoms with Gasteiger partial charge in [-0.15, -0.1) is 0 Å². The van der Waals surface area contributed by atoms with Crippen LogP contribution < -0.4 is 5.43 Å². The van der Waals surface area contributed by atoms with Gasteiger partial charge in [-0.05, 0) is 18.4 Å². The summed E-state index contributed by atoms with van der Waals surface area (Å²) < 4.78 is 0.646. The molecule has 0 saturated carbocycles. The third-order valence-electron chi connectivity index (χ3n) is 1.23. The van der Waals surface area contributed by atoms with Crippen molar-refractivity contribution in [3.8, 4) is 0 Å². The molecule has 1 aromatic heterocycles. The Morgan fingerprint density at radius 1 is 1.67 bits per heavy atom. The monoisotopic (exact) mass is 441 g/mol. The molecule has 0 spiro atoms. The number of thioether (sulfide) groups is 1. The molecule has 15 heavy (non-hydrogen) atoms. The fourth-order valence-corrected chi connectivity index (χ4v) is 0.846. The Balaban J connectivity index is 0.000000921. The first-order valence-electron chi connectivity index (χ1n) is 3.73. The summed E-state index contributed by atoms with van der Waals surface area (Å²) in [6.07, 6.45) is 5.24. The van der Waals surface area contributed by atoms with Gasteiger partial charge in [-0.2, -0.15) is 5.10 Å². The van der Waals surface area contributed by atoms with Crippen LogP contribution in [-0.4, -0.2) is 21.8 Å². The number of nitrogens with one attached hydrogen (secondary N) is 1. The summed E-state index contributed by atoms with van der Waals surface area (Å²) in [4.78, 5) is 4.06. The summed E-state index contributed by atoms with van der Waals surface area (Å²) >= 11 is 7.95. The number of hydrogen-bond acceptors (Lipinski definition) is 4. The summed E-state index contributed by atoms with van der Waals surface area (Å²) in [5.41, 5.74) is 3.51. The van der Waals surface area contributed by atoms with Gasteiger partial charge in [-0.3, -0.25) is 10.4 Å². The molecule has 1 heterocycles. The van der Waals surface area contributed by atoms with E-state index in [-0.39, 0.29) is 0 Å². The third-order valence-corrected chi connectivity index (χ3v) is 2.28. The van der Waals surface area contributed by atoms with Gasteiger partial charge in [0.05, 0.1) is 11.9 Å². The molecule has 1 N–H and O–H groups in total. The van der Waals surface area contributed by atoms with Crippen LogP contribution in [0.2, 0.25) is 0 Å². The van der Waals surface area contributed by atoms with Gasteiger partial charge in [-0.1, -0.05) is 30.0 Å². The molecule has 0 fully saturated rings. The van der Waals surface area contributed by atoms with Crippen molar-refractivity contribution in [2.24, 2.45) is 5.10 Å². The Bertz CT molecular complexity index is 308. The van der Waals surface area contributed by atoms with E-state index in [0.717, 1.165) is 5.69 Å². The average Bonchev–Trinajstić information content (AvgIpc) is 2.33. The van der Waals surface area contributed by atoms with Gasteiger partial charge in [0.15, 0.2) is 4.32 Å². The number of rotatable bonds is 2. The Kier molecular flexibility index (Phi) is 10.6. The van der Waals surface area contributed by atoms with E-state index >= 15 is 0 Å². The van der Waals surface area contributed by atoms with Crippen molar-refractivity contribution in [3.63, 3.8) is 0 Å². The summed E-state index contributed by atoms with van der Waals surface area (Å²) in [6, 6.07) is 5.63. The zero-order chi connectivity index (χ0) is 11.5. The van der Waals surface area contributed by atoms with E-state index < -0.39 is 0 Å². The predicted octanol–water partition coefficient (Wildman–Crippen LogP) is 2.34. The van der Waals surface area contributed by atoms with E-state index in [1.807, 2.05) is 24.5 Å². The molecule has 0 aliphatic rings. The van der Waals surface area contributed by atoms with Crippen molar-refractivity contribution in [3.05, 3.63) is 30.1 Å². The molecule has 1 aromatic rings. The fourth-order valence-electron chi connectivity index (χ4n) is 0.649. The third kappa shape index (κ3) is 7.91. The number of thiocarbonyl (C=S) groups is 1. The number of hydrazone groups is 1. The van der Waals surface area contributed by atoms with Crippen LogP contribution in [0.3, 0.4) is 0 Å². The molecular formula is C8H9ClN3PtS2. The summed E-state index contributed by atoms with van der Waals surface area (Å²) in [5, 5.41) is 3.91. The van der Waals surface area contributed by atoms with E-state index in [1.165, 1.54) is 11.8 Å². The summed E-state index contributed by atoms with van der Waals surface area (Å²) in [7, 11) is 4.61. The molecule has 0 atom stereocenters. The second-order valence-electron chi connectivity index (χ2n) is 2.12. The fraction of sp³-hybridized carbons (Fsp3) is 0.125. The van der Waals surface area contributed by atoms with Crippen LogP contribution in [0.15, 0.2) is 29.5 Å². The topological polar surface area (TPSA) is 37.3 Å². The zero-order valence-corrected chi connectivity index (χ0v) is 12.5. The van der Waals surface area contributed by atoms with Gasteiger partial charge >= 0.3 is 28.2 Å². The molecule has 3 nitrogen and oxygen atoms in total. The summed E-state index contributed by atoms with van der Waals surface area (Å²) in [5.74, 6) is 0. The molecule has 0 aromatic carbocycles. The Morgan fingerprint density at radius 2 is 2.40 bits per heavy atom. The molecule has 0 radical (unpaired) electrons. The predicted molar refractivity (Wildman–Crippen MR) is 66.9 cm³/mol. The van der Waals surface area contributed by atoms with Crippen molar-refractivity contribution in [1.82, 2.24) is 10.4 Å². The minimum absolute atomic E-state index is 0.646. The van der Waals surface area contributed by atoms with E-state index in [4.69, 9.17) is 12.2 Å². The molecule has 7 heteroatoms. The molecule has 0 unspecified atom stereocenters. The number of pyridine rings is 1. The number of nitrogens with zero attached hydrogens (tertiary/aromatic N) is 2. The molecule has 85 valence electrons. The van der Waals surface area contributed by atoms with Crippen LogP contribution >= 0.6 is 33.4 Å². The Morgan fingerprint density at radius 3 is 2.93 bits per heavy atom. The van der Waals surface area contributed by atoms with E-state index in [2.05, 4.69) is 24.9 Å². The zero-order valence-electron chi connectivity index (χ0n) is 7.79. The summed E-state index contributed by atoms with van der Waals surface area (Å²) in [6.45, 7) is 0. The first-order valence-corrected chi connectivity index (χ1v) is 8.18. The van der Waals surface area contributed by atoms with Crippen molar-refractivity contribution in [2.75, 3.05) is 6.26 Å². The van der Waals surface area contributed by atoms with Crippen LogP contribution in [0.1, 0.15) is 5.69 Å². The minimum atomic E-state index is 0.646. The van der Waals surface area contributed by atoms with Gasteiger partial charge in [0.2, 0.25) is 0 Å². The van der Waals surface area contributed by atoms with Crippen molar-refractivity contribution in [2.45, 2.75) is 0 Å². The SMILES string of the molecule is CSC(=S)NN=Cc1ccccn1.[Cl][Pt]. The maximum atomic E-state index is 4.89. The van der Waals surface area contributed by atoms with Crippen LogP contribution in [0.5, 0.6) is 0 Å². The second kappa shape index (κ2) is 10.6. The molecular weight excluding hydrogens is 433 g/mol. The molecule has 0 aliphatic carbocycles. The van der Waals surface area contributed by atoms with Gasteiger partial charge in [0.1, 0.15) is 0 Å². The molecule has 0 amide bonds. The maximum absolute atomic E-state index is 4.89. The molecule has 0 saturated heterocycles. The van der Waals surface area contributed by atoms with E-state index in [0.29, 0.717) is 4.32 Å². The molecule has 1 rings (SSSR count). The Labute approximate surface area is 114 Å². The van der Waals surface area contributed by atoms with E-state index in [1.54, 1.807) is 31.2 Å². The van der Waals surface area contributed by atoms with Crippen molar-refractivity contribution >= 4 is 43.9 Å². The second-order valence-corrected chi connectivity index (χ2v) is 3.60. The van der Waals surface area contributed by atoms with Gasteiger partial charge < -0.3 is 0 Å². The Hall–Kier alpha value is 0.0383. The number of hydrogen-bond donors (Lipinski definition) is 1. The van der Waals surface area contributed by atoms with E-state index in [9.17, 15) is 0 Å². The average molecular weight is 442 g/mol. The first kappa shape index (κ1) is 15.0. The van der Waals surface area contributed by atoms with Crippen LogP contribution in [0.25, 0.3) is 0 Å². The van der Waals surface area contributed by atoms with Gasteiger partial charge in [-0.25, -0.2) is 0 Å². The molecule has 0 bridgehead atoms. The van der Waals surface area contributed by atoms with Crippen molar-refractivity contribution < 1.29 is 18.8 Å². The van der Waals surface area contributed by atoms with Crippen LogP contribution in [0, 0.1) is 0 Å². The van der Waals surface area contributed by atoms with Crippen LogP contribution in [-0.2, 0) is 18.8 Å². The van der Waals surface area contributed by atoms with Gasteiger partial charge in [0.25, 0.3) is 0 Å². The number of halogens is 1. The normalized spacial score (nSPS) is 9.33. The van der Waals surface area contributed by atoms with Gasteiger partial charge in [0, 0.05) is 6.20 Å². The van der Waals surface area contributed by atoms with Crippen molar-refractivity contribution in [1.29, 1.82) is 0 Å².